The Morgan fingerprint density at radius 2 is 2.29 bits per heavy atom. The van der Waals surface area contributed by atoms with Crippen LogP contribution in [-0.4, -0.2) is 48.3 Å². The Balaban J connectivity index is 2.43. The number of carboxylic acid groups (broad SMARTS) is 1. The molecule has 0 spiro atoms. The maximum absolute atomic E-state index is 10.9. The number of aliphatic carboxylic acids is 1. The van der Waals surface area contributed by atoms with Crippen LogP contribution in [0.2, 0.25) is 0 Å². The van der Waals surface area contributed by atoms with Gasteiger partial charge in [-0.15, -0.1) is 0 Å². The van der Waals surface area contributed by atoms with Crippen molar-refractivity contribution in [1.82, 2.24) is 4.90 Å². The van der Waals surface area contributed by atoms with Crippen LogP contribution in [0.25, 0.3) is 0 Å². The number of likely N-dealkylation sites (tertiary alicyclic amines) is 1. The summed E-state index contributed by atoms with van der Waals surface area (Å²) in [7, 11) is 0. The third kappa shape index (κ3) is 4.88. The van der Waals surface area contributed by atoms with Crippen LogP contribution in [0.3, 0.4) is 0 Å². The van der Waals surface area contributed by atoms with Crippen molar-refractivity contribution in [2.24, 2.45) is 0 Å². The average Bonchev–Trinajstić information content (AvgIpc) is 2.30. The molecule has 17 heavy (non-hydrogen) atoms. The van der Waals surface area contributed by atoms with E-state index in [1.165, 1.54) is 0 Å². The van der Waals surface area contributed by atoms with Gasteiger partial charge < -0.3 is 9.84 Å². The molecule has 1 aliphatic heterocycles. The van der Waals surface area contributed by atoms with Crippen molar-refractivity contribution in [1.29, 1.82) is 0 Å². The normalized spacial score (nSPS) is 22.7. The number of carbonyl (C=O) groups is 1. The average molecular weight is 241 g/mol. The van der Waals surface area contributed by atoms with Crippen LogP contribution in [0, 0.1) is 0 Å². The predicted octanol–water partition coefficient (Wildman–Crippen LogP) is 1.91. The highest BCUT2D eigenvalue weighted by atomic mass is 16.5. The van der Waals surface area contributed by atoms with Crippen LogP contribution in [0.15, 0.2) is 11.6 Å². The van der Waals surface area contributed by atoms with E-state index in [2.05, 4.69) is 4.90 Å². The van der Waals surface area contributed by atoms with E-state index in [1.54, 1.807) is 0 Å². The van der Waals surface area contributed by atoms with E-state index in [4.69, 9.17) is 9.84 Å². The summed E-state index contributed by atoms with van der Waals surface area (Å²) in [5, 5.41) is 8.93. The van der Waals surface area contributed by atoms with E-state index in [-0.39, 0.29) is 0 Å². The van der Waals surface area contributed by atoms with E-state index in [9.17, 15) is 4.79 Å². The zero-order valence-corrected chi connectivity index (χ0v) is 10.8. The summed E-state index contributed by atoms with van der Waals surface area (Å²) in [6, 6.07) is 0. The molecular formula is C13H23NO3. The Morgan fingerprint density at radius 3 is 2.88 bits per heavy atom. The third-order valence-electron chi connectivity index (χ3n) is 3.12. The molecule has 1 saturated heterocycles. The van der Waals surface area contributed by atoms with Crippen molar-refractivity contribution in [2.75, 3.05) is 26.2 Å². The molecule has 1 atom stereocenters. The van der Waals surface area contributed by atoms with Crippen molar-refractivity contribution in [3.8, 4) is 0 Å². The minimum atomic E-state index is -0.800. The first kappa shape index (κ1) is 14.2. The first-order chi connectivity index (χ1) is 8.17. The van der Waals surface area contributed by atoms with Gasteiger partial charge in [0.1, 0.15) is 0 Å². The fourth-order valence-corrected chi connectivity index (χ4v) is 2.17. The standard InChI is InChI=1S/C13H23NO3/c1-3-11(13(15)16)7-9-14-8-5-6-12(10-14)17-4-2/h7,12H,3-6,8-10H2,1-2H3,(H,15,16). The summed E-state index contributed by atoms with van der Waals surface area (Å²) in [5.74, 6) is -0.800. The van der Waals surface area contributed by atoms with Crippen LogP contribution in [-0.2, 0) is 9.53 Å². The van der Waals surface area contributed by atoms with Crippen LogP contribution < -0.4 is 0 Å². The number of nitrogens with zero attached hydrogens (tertiary/aromatic N) is 1. The molecule has 1 rings (SSSR count). The van der Waals surface area contributed by atoms with Gasteiger partial charge in [-0.1, -0.05) is 13.0 Å². The lowest BCUT2D eigenvalue weighted by Crippen LogP contribution is -2.39. The fraction of sp³-hybridized carbons (Fsp3) is 0.769. The Morgan fingerprint density at radius 1 is 1.53 bits per heavy atom. The summed E-state index contributed by atoms with van der Waals surface area (Å²) in [5.41, 5.74) is 0.503. The Hall–Kier alpha value is -0.870. The van der Waals surface area contributed by atoms with Gasteiger partial charge in [-0.2, -0.15) is 0 Å². The number of carboxylic acids is 1. The molecular weight excluding hydrogens is 218 g/mol. The first-order valence-electron chi connectivity index (χ1n) is 6.43. The lowest BCUT2D eigenvalue weighted by molar-refractivity contribution is -0.132. The molecule has 0 aliphatic carbocycles. The van der Waals surface area contributed by atoms with Crippen LogP contribution in [0.1, 0.15) is 33.1 Å². The Labute approximate surface area is 103 Å². The maximum Gasteiger partial charge on any atom is 0.331 e. The number of rotatable bonds is 6. The second-order valence-corrected chi connectivity index (χ2v) is 4.37. The van der Waals surface area contributed by atoms with E-state index >= 15 is 0 Å². The largest absolute Gasteiger partial charge is 0.478 e. The number of piperidine rings is 1. The Kier molecular flexibility index (Phi) is 6.22. The van der Waals surface area contributed by atoms with Crippen molar-refractivity contribution < 1.29 is 14.6 Å². The SMILES string of the molecule is CCOC1CCCN(CC=C(CC)C(=O)O)C1. The highest BCUT2D eigenvalue weighted by molar-refractivity contribution is 5.86. The molecule has 0 bridgehead atoms. The molecule has 0 amide bonds. The quantitative estimate of drug-likeness (QED) is 0.722. The summed E-state index contributed by atoms with van der Waals surface area (Å²) < 4.78 is 5.61. The molecule has 1 heterocycles. The van der Waals surface area contributed by atoms with Gasteiger partial charge in [0, 0.05) is 25.3 Å². The second-order valence-electron chi connectivity index (χ2n) is 4.37. The molecule has 4 nitrogen and oxygen atoms in total. The molecule has 0 aromatic heterocycles. The molecule has 98 valence electrons. The summed E-state index contributed by atoms with van der Waals surface area (Å²) in [4.78, 5) is 13.1. The lowest BCUT2D eigenvalue weighted by Gasteiger charge is -2.31. The smallest absolute Gasteiger partial charge is 0.331 e. The fourth-order valence-electron chi connectivity index (χ4n) is 2.17. The van der Waals surface area contributed by atoms with Gasteiger partial charge >= 0.3 is 5.97 Å². The highest BCUT2D eigenvalue weighted by Crippen LogP contribution is 2.13. The van der Waals surface area contributed by atoms with E-state index in [0.29, 0.717) is 18.1 Å². The first-order valence-corrected chi connectivity index (χ1v) is 6.43. The topological polar surface area (TPSA) is 49.8 Å². The van der Waals surface area contributed by atoms with Crippen LogP contribution in [0.5, 0.6) is 0 Å². The van der Waals surface area contributed by atoms with Gasteiger partial charge in [-0.05, 0) is 32.7 Å². The van der Waals surface area contributed by atoms with Gasteiger partial charge in [0.15, 0.2) is 0 Å². The lowest BCUT2D eigenvalue weighted by atomic mass is 10.1. The van der Waals surface area contributed by atoms with Crippen LogP contribution in [0.4, 0.5) is 0 Å². The van der Waals surface area contributed by atoms with Gasteiger partial charge in [0.05, 0.1) is 6.10 Å². The molecule has 1 N–H and O–H groups in total. The minimum Gasteiger partial charge on any atom is -0.478 e. The number of hydrogen-bond donors (Lipinski definition) is 1. The van der Waals surface area contributed by atoms with Crippen molar-refractivity contribution in [2.45, 2.75) is 39.2 Å². The second kappa shape index (κ2) is 7.45. The summed E-state index contributed by atoms with van der Waals surface area (Å²) >= 11 is 0. The molecule has 4 heteroatoms. The van der Waals surface area contributed by atoms with Gasteiger partial charge in [0.25, 0.3) is 0 Å². The van der Waals surface area contributed by atoms with Crippen molar-refractivity contribution in [3.05, 3.63) is 11.6 Å². The predicted molar refractivity (Wildman–Crippen MR) is 67.1 cm³/mol. The molecule has 0 aromatic rings. The molecule has 1 aliphatic rings. The van der Waals surface area contributed by atoms with E-state index < -0.39 is 5.97 Å². The van der Waals surface area contributed by atoms with Crippen molar-refractivity contribution >= 4 is 5.97 Å². The number of ether oxygens (including phenoxy) is 1. The molecule has 1 unspecified atom stereocenters. The maximum atomic E-state index is 10.9. The van der Waals surface area contributed by atoms with E-state index in [0.717, 1.165) is 39.1 Å². The van der Waals surface area contributed by atoms with Crippen molar-refractivity contribution in [3.63, 3.8) is 0 Å². The molecule has 0 saturated carbocycles. The van der Waals surface area contributed by atoms with E-state index in [1.807, 2.05) is 19.9 Å². The zero-order valence-electron chi connectivity index (χ0n) is 10.8. The minimum absolute atomic E-state index is 0.317. The van der Waals surface area contributed by atoms with Gasteiger partial charge in [0.2, 0.25) is 0 Å². The van der Waals surface area contributed by atoms with Gasteiger partial charge in [-0.3, -0.25) is 4.90 Å². The van der Waals surface area contributed by atoms with Gasteiger partial charge in [-0.25, -0.2) is 4.79 Å². The summed E-state index contributed by atoms with van der Waals surface area (Å²) in [6.07, 6.45) is 4.98. The zero-order chi connectivity index (χ0) is 12.7. The molecule has 0 radical (unpaired) electrons. The van der Waals surface area contributed by atoms with Crippen LogP contribution >= 0.6 is 0 Å². The summed E-state index contributed by atoms with van der Waals surface area (Å²) in [6.45, 7) is 7.32. The molecule has 1 fully saturated rings. The highest BCUT2D eigenvalue weighted by Gasteiger charge is 2.19. The molecule has 0 aromatic carbocycles. The third-order valence-corrected chi connectivity index (χ3v) is 3.12. The monoisotopic (exact) mass is 241 g/mol. The Bertz CT molecular complexity index is 274. The number of hydrogen-bond acceptors (Lipinski definition) is 3.